The van der Waals surface area contributed by atoms with Gasteiger partial charge in [-0.3, -0.25) is 4.79 Å². The Morgan fingerprint density at radius 3 is 2.33 bits per heavy atom. The third kappa shape index (κ3) is 8.03. The van der Waals surface area contributed by atoms with Gasteiger partial charge in [0.1, 0.15) is 0 Å². The first-order valence-electron chi connectivity index (χ1n) is 14.1. The number of hydrogen-bond donors (Lipinski definition) is 0. The first kappa shape index (κ1) is 29.1. The molecule has 0 radical (unpaired) electrons. The number of amides is 1. The van der Waals surface area contributed by atoms with E-state index in [1.807, 2.05) is 42.3 Å². The molecule has 39 heavy (non-hydrogen) atoms. The van der Waals surface area contributed by atoms with Crippen LogP contribution in [0, 0.1) is 0 Å². The number of nitrogens with zero attached hydrogens (tertiary/aromatic N) is 3. The molecule has 0 aliphatic heterocycles. The zero-order chi connectivity index (χ0) is 27.5. The van der Waals surface area contributed by atoms with Crippen molar-refractivity contribution in [1.29, 1.82) is 0 Å². The zero-order valence-electron chi connectivity index (χ0n) is 23.0. The van der Waals surface area contributed by atoms with E-state index in [0.717, 1.165) is 37.9 Å². The van der Waals surface area contributed by atoms with Crippen LogP contribution in [-0.4, -0.2) is 60.4 Å². The molecule has 0 unspecified atom stereocenters. The molecule has 1 amide bonds. The third-order valence-corrected chi connectivity index (χ3v) is 9.24. The molecular formula is C31H41N3O4S. The maximum atomic E-state index is 14.0. The summed E-state index contributed by atoms with van der Waals surface area (Å²) in [6.45, 7) is 4.17. The van der Waals surface area contributed by atoms with E-state index >= 15 is 0 Å². The molecule has 0 saturated heterocycles. The molecule has 0 N–H and O–H groups in total. The fourth-order valence-corrected chi connectivity index (χ4v) is 6.72. The number of carbonyl (C=O) groups excluding carboxylic acids is 1. The van der Waals surface area contributed by atoms with Gasteiger partial charge in [-0.15, -0.1) is 0 Å². The summed E-state index contributed by atoms with van der Waals surface area (Å²) in [6.07, 6.45) is 7.80. The molecule has 210 valence electrons. The molecule has 1 saturated carbocycles. The lowest BCUT2D eigenvalue weighted by Crippen LogP contribution is -2.47. The molecule has 1 aromatic heterocycles. The van der Waals surface area contributed by atoms with Crippen molar-refractivity contribution >= 4 is 15.9 Å². The smallest absolute Gasteiger partial charge is 0.243 e. The van der Waals surface area contributed by atoms with Crippen LogP contribution in [0.25, 0.3) is 0 Å². The minimum Gasteiger partial charge on any atom is -0.382 e. The molecule has 1 heterocycles. The van der Waals surface area contributed by atoms with Crippen LogP contribution in [0.3, 0.4) is 0 Å². The van der Waals surface area contributed by atoms with Gasteiger partial charge in [-0.2, -0.15) is 4.31 Å². The summed E-state index contributed by atoms with van der Waals surface area (Å²) in [7, 11) is -3.83. The molecule has 2 aromatic carbocycles. The van der Waals surface area contributed by atoms with Gasteiger partial charge >= 0.3 is 0 Å². The van der Waals surface area contributed by atoms with Crippen LogP contribution in [0.5, 0.6) is 0 Å². The second-order valence-corrected chi connectivity index (χ2v) is 12.1. The number of carbonyl (C=O) groups is 1. The highest BCUT2D eigenvalue weighted by Gasteiger charge is 2.32. The van der Waals surface area contributed by atoms with E-state index in [1.54, 1.807) is 30.3 Å². The van der Waals surface area contributed by atoms with E-state index in [-0.39, 0.29) is 29.9 Å². The summed E-state index contributed by atoms with van der Waals surface area (Å²) in [5, 5.41) is 0. The molecule has 1 fully saturated rings. The maximum Gasteiger partial charge on any atom is 0.243 e. The van der Waals surface area contributed by atoms with E-state index in [0.29, 0.717) is 26.2 Å². The second kappa shape index (κ2) is 14.4. The van der Waals surface area contributed by atoms with E-state index in [9.17, 15) is 13.2 Å². The lowest BCUT2D eigenvalue weighted by Gasteiger charge is -2.36. The van der Waals surface area contributed by atoms with E-state index in [2.05, 4.69) is 22.8 Å². The maximum absolute atomic E-state index is 14.0. The molecular weight excluding hydrogens is 510 g/mol. The van der Waals surface area contributed by atoms with Crippen molar-refractivity contribution in [3.8, 4) is 0 Å². The molecule has 3 aromatic rings. The van der Waals surface area contributed by atoms with Crippen molar-refractivity contribution in [1.82, 2.24) is 13.8 Å². The van der Waals surface area contributed by atoms with Crippen molar-refractivity contribution < 1.29 is 17.9 Å². The summed E-state index contributed by atoms with van der Waals surface area (Å²) in [5.74, 6) is -0.148. The average molecular weight is 552 g/mol. The second-order valence-electron chi connectivity index (χ2n) is 10.1. The van der Waals surface area contributed by atoms with Crippen LogP contribution < -0.4 is 0 Å². The Bertz CT molecular complexity index is 1260. The number of aromatic nitrogens is 1. The number of sulfonamides is 1. The highest BCUT2D eigenvalue weighted by atomic mass is 32.2. The fraction of sp³-hybridized carbons (Fsp3) is 0.452. The van der Waals surface area contributed by atoms with Crippen molar-refractivity contribution in [3.63, 3.8) is 0 Å². The first-order valence-corrected chi connectivity index (χ1v) is 15.5. The topological polar surface area (TPSA) is 71.8 Å². The minimum atomic E-state index is -3.83. The summed E-state index contributed by atoms with van der Waals surface area (Å²) in [4.78, 5) is 16.1. The lowest BCUT2D eigenvalue weighted by atomic mass is 9.94. The van der Waals surface area contributed by atoms with Gasteiger partial charge in [-0.05, 0) is 56.0 Å². The van der Waals surface area contributed by atoms with E-state index in [1.165, 1.54) is 16.3 Å². The van der Waals surface area contributed by atoms with Gasteiger partial charge in [-0.25, -0.2) is 8.42 Å². The summed E-state index contributed by atoms with van der Waals surface area (Å²) in [6, 6.07) is 22.8. The van der Waals surface area contributed by atoms with Crippen molar-refractivity contribution in [3.05, 3.63) is 90.3 Å². The normalized spacial score (nSPS) is 14.5. The Morgan fingerprint density at radius 1 is 0.949 bits per heavy atom. The van der Waals surface area contributed by atoms with Crippen LogP contribution in [0.2, 0.25) is 0 Å². The van der Waals surface area contributed by atoms with E-state index < -0.39 is 10.0 Å². The highest BCUT2D eigenvalue weighted by Crippen LogP contribution is 2.26. The van der Waals surface area contributed by atoms with E-state index in [4.69, 9.17) is 4.74 Å². The van der Waals surface area contributed by atoms with Gasteiger partial charge in [0, 0.05) is 44.2 Å². The van der Waals surface area contributed by atoms with Crippen molar-refractivity contribution in [2.75, 3.05) is 26.3 Å². The van der Waals surface area contributed by atoms with Crippen molar-refractivity contribution in [2.24, 2.45) is 0 Å². The van der Waals surface area contributed by atoms with Crippen LogP contribution in [-0.2, 0) is 32.6 Å². The third-order valence-electron chi connectivity index (χ3n) is 7.38. The number of benzene rings is 2. The summed E-state index contributed by atoms with van der Waals surface area (Å²) in [5.41, 5.74) is 2.24. The largest absolute Gasteiger partial charge is 0.382 e. The van der Waals surface area contributed by atoms with Crippen LogP contribution in [0.4, 0.5) is 0 Å². The molecule has 0 spiro atoms. The standard InChI is InChI=1S/C31H41N3O4S/c1-2-38-23-13-22-33(39(36,37)30-19-10-5-11-20-30)26-31(35)34(28-16-8-4-9-17-28)25-29-18-12-21-32(29)24-27-14-6-3-7-15-27/h3,5-7,10-12,14-15,18-21,28H,2,4,8-9,13,16-17,22-26H2,1H3. The Kier molecular flexibility index (Phi) is 10.8. The Balaban J connectivity index is 1.56. The highest BCUT2D eigenvalue weighted by molar-refractivity contribution is 7.89. The molecule has 0 atom stereocenters. The van der Waals surface area contributed by atoms with Crippen LogP contribution in [0.15, 0.2) is 83.9 Å². The van der Waals surface area contributed by atoms with Gasteiger partial charge in [0.05, 0.1) is 18.0 Å². The van der Waals surface area contributed by atoms with Crippen LogP contribution >= 0.6 is 0 Å². The summed E-state index contributed by atoms with van der Waals surface area (Å²) >= 11 is 0. The van der Waals surface area contributed by atoms with Gasteiger partial charge in [0.25, 0.3) is 0 Å². The number of ether oxygens (including phenoxy) is 1. The molecule has 8 heteroatoms. The number of rotatable bonds is 14. The molecule has 1 aliphatic rings. The Labute approximate surface area is 233 Å². The molecule has 7 nitrogen and oxygen atoms in total. The zero-order valence-corrected chi connectivity index (χ0v) is 23.8. The Morgan fingerprint density at radius 2 is 1.64 bits per heavy atom. The first-order chi connectivity index (χ1) is 19.0. The average Bonchev–Trinajstić information content (AvgIpc) is 3.41. The molecule has 1 aliphatic carbocycles. The molecule has 4 rings (SSSR count). The van der Waals surface area contributed by atoms with Gasteiger partial charge in [0.2, 0.25) is 15.9 Å². The predicted octanol–water partition coefficient (Wildman–Crippen LogP) is 5.32. The molecule has 0 bridgehead atoms. The SMILES string of the molecule is CCOCCCN(CC(=O)N(Cc1cccn1Cc1ccccc1)C1CCCCC1)S(=O)(=O)c1ccccc1. The van der Waals surface area contributed by atoms with Gasteiger partial charge in [-0.1, -0.05) is 67.8 Å². The summed E-state index contributed by atoms with van der Waals surface area (Å²) < 4.78 is 36.2. The number of hydrogen-bond acceptors (Lipinski definition) is 4. The quantitative estimate of drug-likeness (QED) is 0.255. The monoisotopic (exact) mass is 551 g/mol. The fourth-order valence-electron chi connectivity index (χ4n) is 5.27. The Hall–Kier alpha value is -2.94. The lowest BCUT2D eigenvalue weighted by molar-refractivity contribution is -0.135. The minimum absolute atomic E-state index is 0.107. The van der Waals surface area contributed by atoms with Gasteiger partial charge in [0.15, 0.2) is 0 Å². The predicted molar refractivity (Wildman–Crippen MR) is 154 cm³/mol. The van der Waals surface area contributed by atoms with Crippen LogP contribution in [0.1, 0.15) is 56.7 Å². The van der Waals surface area contributed by atoms with Crippen molar-refractivity contribution in [2.45, 2.75) is 69.5 Å². The van der Waals surface area contributed by atoms with Gasteiger partial charge < -0.3 is 14.2 Å².